The maximum atomic E-state index is 12.8. The molecule has 1 aromatic carbocycles. The summed E-state index contributed by atoms with van der Waals surface area (Å²) in [6.45, 7) is 4.03. The van der Waals surface area contributed by atoms with Crippen molar-refractivity contribution in [1.82, 2.24) is 14.0 Å². The summed E-state index contributed by atoms with van der Waals surface area (Å²) < 4.78 is 2.00. The van der Waals surface area contributed by atoms with Crippen molar-refractivity contribution < 1.29 is 31.8 Å². The Morgan fingerprint density at radius 2 is 1.60 bits per heavy atom. The number of amides is 2. The summed E-state index contributed by atoms with van der Waals surface area (Å²) in [6, 6.07) is 3.07. The van der Waals surface area contributed by atoms with Gasteiger partial charge in [-0.25, -0.2) is 4.79 Å². The Balaban J connectivity index is 0.00000320. The van der Waals surface area contributed by atoms with Gasteiger partial charge in [0, 0.05) is 25.1 Å². The topological polar surface area (TPSA) is 126 Å². The normalized spacial score (nSPS) is 13.3. The Bertz CT molecular complexity index is 1200. The summed E-state index contributed by atoms with van der Waals surface area (Å²) in [5.74, 6) is -1.51. The quantitative estimate of drug-likeness (QED) is 0.371. The van der Waals surface area contributed by atoms with Crippen LogP contribution in [0.3, 0.4) is 0 Å². The summed E-state index contributed by atoms with van der Waals surface area (Å²) in [5, 5.41) is 17.9. The van der Waals surface area contributed by atoms with Gasteiger partial charge >= 0.3 is 22.8 Å². The number of carbonyl (C=O) groups is 2. The van der Waals surface area contributed by atoms with E-state index in [0.29, 0.717) is 4.47 Å². The summed E-state index contributed by atoms with van der Waals surface area (Å²) >= 11 is 3.28. The van der Waals surface area contributed by atoms with Crippen molar-refractivity contribution >= 4 is 39.1 Å². The molecule has 1 N–H and O–H groups in total. The van der Waals surface area contributed by atoms with Gasteiger partial charge in [-0.3, -0.25) is 28.4 Å². The predicted molar refractivity (Wildman–Crippen MR) is 107 cm³/mol. The number of halogens is 1. The fraction of sp³-hybridized carbons (Fsp3) is 0.333. The summed E-state index contributed by atoms with van der Waals surface area (Å²) in [6.07, 6.45) is 0. The Hall–Kier alpha value is -2.56. The van der Waals surface area contributed by atoms with Crippen molar-refractivity contribution in [3.05, 3.63) is 48.6 Å². The van der Waals surface area contributed by atoms with E-state index in [0.717, 1.165) is 14.0 Å². The molecule has 30 heavy (non-hydrogen) atoms. The molecule has 0 aliphatic carbocycles. The summed E-state index contributed by atoms with van der Waals surface area (Å²) in [4.78, 5) is 50.7. The summed E-state index contributed by atoms with van der Waals surface area (Å²) in [5.41, 5.74) is -1.72. The van der Waals surface area contributed by atoms with E-state index in [4.69, 9.17) is 0 Å². The van der Waals surface area contributed by atoms with Gasteiger partial charge in [0.25, 0.3) is 17.4 Å². The van der Waals surface area contributed by atoms with Gasteiger partial charge in [-0.05, 0) is 34.0 Å². The Morgan fingerprint density at radius 1 is 1.00 bits per heavy atom. The molecule has 0 saturated carbocycles. The molecule has 3 rings (SSSR count). The van der Waals surface area contributed by atoms with Crippen LogP contribution in [-0.4, -0.2) is 37.5 Å². The van der Waals surface area contributed by atoms with Crippen molar-refractivity contribution in [3.63, 3.8) is 0 Å². The molecular formula is C18H18BrCuN5O5+2. The Morgan fingerprint density at radius 3 is 2.20 bits per heavy atom. The van der Waals surface area contributed by atoms with E-state index in [-0.39, 0.29) is 46.3 Å². The van der Waals surface area contributed by atoms with Crippen LogP contribution < -0.4 is 11.2 Å². The Labute approximate surface area is 189 Å². The fourth-order valence-corrected chi connectivity index (χ4v) is 3.37. The molecule has 12 heteroatoms. The van der Waals surface area contributed by atoms with E-state index in [1.165, 1.54) is 20.2 Å². The SMILES string of the molecule is CC(C)CN1C(=O)c2ccc(Br)c(N=Nc3c(O)n(C)c(=O)n(C)c3=O)c2C1=O.[Cu+2]. The van der Waals surface area contributed by atoms with Crippen LogP contribution in [0.1, 0.15) is 34.6 Å². The zero-order chi connectivity index (χ0) is 21.6. The third-order valence-electron chi connectivity index (χ3n) is 4.47. The second-order valence-corrected chi connectivity index (χ2v) is 7.87. The number of hydrogen-bond donors (Lipinski definition) is 1. The number of aromatic nitrogens is 2. The molecule has 10 nitrogen and oxygen atoms in total. The van der Waals surface area contributed by atoms with E-state index >= 15 is 0 Å². The first-order valence-electron chi connectivity index (χ1n) is 8.65. The number of fused-ring (bicyclic) bond motifs is 1. The third kappa shape index (κ3) is 3.78. The van der Waals surface area contributed by atoms with Crippen molar-refractivity contribution in [3.8, 4) is 5.88 Å². The molecule has 0 spiro atoms. The number of carbonyl (C=O) groups excluding carboxylic acids is 2. The van der Waals surface area contributed by atoms with Gasteiger partial charge in [0.05, 0.1) is 11.1 Å². The van der Waals surface area contributed by atoms with E-state index < -0.39 is 34.6 Å². The molecule has 0 bridgehead atoms. The molecule has 1 radical (unpaired) electrons. The minimum absolute atomic E-state index is 0. The zero-order valence-corrected chi connectivity index (χ0v) is 19.0. The Kier molecular flexibility index (Phi) is 6.85. The number of nitrogens with zero attached hydrogens (tertiary/aromatic N) is 5. The molecule has 0 atom stereocenters. The van der Waals surface area contributed by atoms with E-state index in [1.807, 2.05) is 13.8 Å². The van der Waals surface area contributed by atoms with Gasteiger partial charge in [-0.15, -0.1) is 10.2 Å². The van der Waals surface area contributed by atoms with Crippen LogP contribution in [0, 0.1) is 5.92 Å². The first kappa shape index (κ1) is 23.7. The van der Waals surface area contributed by atoms with Crippen LogP contribution >= 0.6 is 15.9 Å². The van der Waals surface area contributed by atoms with Crippen LogP contribution in [0.4, 0.5) is 11.4 Å². The van der Waals surface area contributed by atoms with Crippen molar-refractivity contribution in [2.24, 2.45) is 30.2 Å². The molecule has 2 aromatic rings. The van der Waals surface area contributed by atoms with Crippen LogP contribution in [-0.2, 0) is 31.2 Å². The largest absolute Gasteiger partial charge is 2.00 e. The average Bonchev–Trinajstić information content (AvgIpc) is 2.90. The van der Waals surface area contributed by atoms with Gasteiger partial charge in [0.1, 0.15) is 5.69 Å². The van der Waals surface area contributed by atoms with Gasteiger partial charge < -0.3 is 5.11 Å². The molecule has 0 fully saturated rings. The molecule has 2 amide bonds. The molecule has 0 saturated heterocycles. The number of rotatable bonds is 4. The van der Waals surface area contributed by atoms with Gasteiger partial charge in [0.15, 0.2) is 0 Å². The van der Waals surface area contributed by atoms with Crippen LogP contribution in [0.25, 0.3) is 0 Å². The number of hydrogen-bond acceptors (Lipinski definition) is 7. The monoisotopic (exact) mass is 526 g/mol. The zero-order valence-electron chi connectivity index (χ0n) is 16.4. The van der Waals surface area contributed by atoms with E-state index in [2.05, 4.69) is 26.2 Å². The summed E-state index contributed by atoms with van der Waals surface area (Å²) in [7, 11) is 2.52. The number of imide groups is 1. The smallest absolute Gasteiger partial charge is 0.493 e. The second-order valence-electron chi connectivity index (χ2n) is 7.01. The van der Waals surface area contributed by atoms with Crippen LogP contribution in [0.2, 0.25) is 0 Å². The molecule has 0 unspecified atom stereocenters. The maximum absolute atomic E-state index is 12.8. The minimum Gasteiger partial charge on any atom is -0.493 e. The van der Waals surface area contributed by atoms with Crippen molar-refractivity contribution in [2.45, 2.75) is 13.8 Å². The first-order chi connectivity index (χ1) is 13.6. The van der Waals surface area contributed by atoms with Crippen LogP contribution in [0.5, 0.6) is 5.88 Å². The fourth-order valence-electron chi connectivity index (χ4n) is 2.97. The molecule has 1 aromatic heterocycles. The van der Waals surface area contributed by atoms with Gasteiger partial charge in [-0.2, -0.15) is 0 Å². The second kappa shape index (κ2) is 8.66. The molecule has 1 aliphatic heterocycles. The molecule has 161 valence electrons. The number of azo groups is 1. The average molecular weight is 528 g/mol. The molecule has 1 aliphatic rings. The van der Waals surface area contributed by atoms with Crippen LogP contribution in [0.15, 0.2) is 36.4 Å². The first-order valence-corrected chi connectivity index (χ1v) is 9.45. The van der Waals surface area contributed by atoms with Gasteiger partial charge in [-0.1, -0.05) is 13.8 Å². The molecule has 2 heterocycles. The number of benzene rings is 1. The van der Waals surface area contributed by atoms with E-state index in [1.54, 1.807) is 6.07 Å². The van der Waals surface area contributed by atoms with Gasteiger partial charge in [0.2, 0.25) is 11.6 Å². The van der Waals surface area contributed by atoms with Crippen molar-refractivity contribution in [2.75, 3.05) is 6.54 Å². The number of aromatic hydroxyl groups is 1. The predicted octanol–water partition coefficient (Wildman–Crippen LogP) is 2.22. The van der Waals surface area contributed by atoms with Crippen molar-refractivity contribution in [1.29, 1.82) is 0 Å². The standard InChI is InChI=1S/C18H18BrN5O5.Cu/c1-8(2)7-24-14(25)9-5-6-10(19)12(11(9)15(24)26)20-21-13-16(27)22(3)18(29)23(4)17(13)28;/h5-6,8,27H,7H2,1-4H3;/q;+2. The minimum atomic E-state index is -0.845. The molecular weight excluding hydrogens is 510 g/mol. The maximum Gasteiger partial charge on any atom is 2.00 e. The van der Waals surface area contributed by atoms with E-state index in [9.17, 15) is 24.3 Å². The third-order valence-corrected chi connectivity index (χ3v) is 5.11.